The lowest BCUT2D eigenvalue weighted by Crippen LogP contribution is -2.47. The molecule has 1 N–H and O–H groups in total. The second-order valence-electron chi connectivity index (χ2n) is 8.74. The van der Waals surface area contributed by atoms with Gasteiger partial charge in [-0.15, -0.1) is 11.7 Å². The minimum absolute atomic E-state index is 0.0999. The van der Waals surface area contributed by atoms with Crippen molar-refractivity contribution in [3.8, 4) is 11.5 Å². The van der Waals surface area contributed by atoms with Crippen LogP contribution in [-0.4, -0.2) is 55.7 Å². The first-order valence-corrected chi connectivity index (χ1v) is 11.4. The predicted octanol–water partition coefficient (Wildman–Crippen LogP) is 3.25. The number of azo groups is 1. The number of aromatic nitrogens is 1. The summed E-state index contributed by atoms with van der Waals surface area (Å²) >= 11 is 0. The highest BCUT2D eigenvalue weighted by Gasteiger charge is 2.61. The van der Waals surface area contributed by atoms with Crippen LogP contribution in [0.25, 0.3) is 10.9 Å². The Hall–Kier alpha value is -3.82. The molecule has 0 saturated heterocycles. The molecule has 1 aromatic carbocycles. The van der Waals surface area contributed by atoms with Crippen LogP contribution in [0.2, 0.25) is 0 Å². The average Bonchev–Trinajstić information content (AvgIpc) is 3.38. The number of pyridine rings is 1. The van der Waals surface area contributed by atoms with Crippen LogP contribution in [-0.2, 0) is 14.3 Å². The normalized spacial score (nSPS) is 25.3. The lowest BCUT2D eigenvalue weighted by atomic mass is 10.1. The fraction of sp³-hybridized carbons (Fsp3) is 0.440. The Balaban J connectivity index is 1.52. The molecule has 2 aromatic rings. The van der Waals surface area contributed by atoms with Gasteiger partial charge >= 0.3 is 11.9 Å². The van der Waals surface area contributed by atoms with Gasteiger partial charge in [0.05, 0.1) is 25.8 Å². The minimum Gasteiger partial charge on any atom is -0.497 e. The fourth-order valence-electron chi connectivity index (χ4n) is 4.62. The number of fused-ring (bicyclic) bond motifs is 1. The molecule has 1 aromatic heterocycles. The van der Waals surface area contributed by atoms with Crippen LogP contribution in [0, 0.1) is 11.8 Å². The third-order valence-corrected chi connectivity index (χ3v) is 6.63. The van der Waals surface area contributed by atoms with Gasteiger partial charge < -0.3 is 19.5 Å². The molecule has 10 nitrogen and oxygen atoms in total. The summed E-state index contributed by atoms with van der Waals surface area (Å²) in [7, 11) is 4.27. The lowest BCUT2D eigenvalue weighted by Gasteiger charge is -2.20. The van der Waals surface area contributed by atoms with E-state index in [2.05, 4.69) is 27.1 Å². The van der Waals surface area contributed by atoms with Gasteiger partial charge in [-0.1, -0.05) is 6.08 Å². The molecule has 10 heteroatoms. The summed E-state index contributed by atoms with van der Waals surface area (Å²) in [5.41, 5.74) is -0.397. The van der Waals surface area contributed by atoms with Crippen LogP contribution >= 0.6 is 0 Å². The third-order valence-electron chi connectivity index (χ3n) is 6.63. The Morgan fingerprint density at radius 3 is 2.69 bits per heavy atom. The van der Waals surface area contributed by atoms with Crippen molar-refractivity contribution in [1.82, 2.24) is 10.3 Å². The summed E-state index contributed by atoms with van der Waals surface area (Å²) in [6.07, 6.45) is 3.63. The topological polar surface area (TPSA) is 129 Å². The summed E-state index contributed by atoms with van der Waals surface area (Å²) in [6.45, 7) is 3.74. The molecule has 184 valence electrons. The summed E-state index contributed by atoms with van der Waals surface area (Å²) in [5, 5.41) is 10.7. The first-order chi connectivity index (χ1) is 16.8. The smallest absolute Gasteiger partial charge is 0.332 e. The summed E-state index contributed by atoms with van der Waals surface area (Å²) in [4.78, 5) is 42.0. The zero-order valence-corrected chi connectivity index (χ0v) is 19.9. The molecule has 2 aliphatic carbocycles. The maximum Gasteiger partial charge on any atom is 0.332 e. The molecule has 2 amide bonds. The van der Waals surface area contributed by atoms with E-state index < -0.39 is 17.4 Å². The monoisotopic (exact) mass is 480 g/mol. The van der Waals surface area contributed by atoms with E-state index >= 15 is 0 Å². The quantitative estimate of drug-likeness (QED) is 0.349. The minimum atomic E-state index is -1.02. The predicted molar refractivity (Wildman–Crippen MR) is 126 cm³/mol. The highest BCUT2D eigenvalue weighted by Crippen LogP contribution is 2.46. The van der Waals surface area contributed by atoms with Gasteiger partial charge in [-0.3, -0.25) is 9.59 Å². The zero-order valence-electron chi connectivity index (χ0n) is 19.9. The number of hydrogen-bond donors (Lipinski definition) is 1. The van der Waals surface area contributed by atoms with Crippen molar-refractivity contribution in [2.45, 2.75) is 37.3 Å². The summed E-state index contributed by atoms with van der Waals surface area (Å²) in [5.74, 6) is -0.623. The number of esters is 1. The summed E-state index contributed by atoms with van der Waals surface area (Å²) in [6, 6.07) is 6.86. The van der Waals surface area contributed by atoms with Crippen molar-refractivity contribution in [3.63, 3.8) is 0 Å². The van der Waals surface area contributed by atoms with E-state index in [1.54, 1.807) is 31.4 Å². The van der Waals surface area contributed by atoms with Gasteiger partial charge in [-0.2, -0.15) is 5.11 Å². The Morgan fingerprint density at radius 2 is 2.03 bits per heavy atom. The number of amides is 2. The van der Waals surface area contributed by atoms with Crippen molar-refractivity contribution < 1.29 is 28.6 Å². The molecule has 35 heavy (non-hydrogen) atoms. The van der Waals surface area contributed by atoms with E-state index in [1.165, 1.54) is 14.2 Å². The Morgan fingerprint density at radius 1 is 1.23 bits per heavy atom. The number of carbonyl (C=O) groups excluding carboxylic acids is 3. The molecular weight excluding hydrogens is 452 g/mol. The van der Waals surface area contributed by atoms with Gasteiger partial charge in [0.2, 0.25) is 5.91 Å². The Kier molecular flexibility index (Phi) is 6.81. The highest BCUT2D eigenvalue weighted by atomic mass is 16.5. The molecule has 4 rings (SSSR count). The van der Waals surface area contributed by atoms with E-state index in [9.17, 15) is 14.4 Å². The van der Waals surface area contributed by atoms with Crippen LogP contribution in [0.3, 0.4) is 0 Å². The van der Waals surface area contributed by atoms with Crippen molar-refractivity contribution in [1.29, 1.82) is 0 Å². The first-order valence-electron chi connectivity index (χ1n) is 11.4. The van der Waals surface area contributed by atoms with E-state index in [1.807, 2.05) is 6.07 Å². The molecule has 2 fully saturated rings. The maximum absolute atomic E-state index is 13.0. The van der Waals surface area contributed by atoms with E-state index in [0.717, 1.165) is 0 Å². The molecule has 1 heterocycles. The second-order valence-corrected chi connectivity index (χ2v) is 8.74. The van der Waals surface area contributed by atoms with E-state index in [0.29, 0.717) is 48.1 Å². The average molecular weight is 481 g/mol. The van der Waals surface area contributed by atoms with Crippen LogP contribution < -0.4 is 14.8 Å². The standard InChI is InChI=1S/C25H28N4O6/c1-5-15-13-25(15,24(32)34-4)28-22(30)14-6-7-17(10-14)35-21-12-20(23(31)29-26-2)27-19-11-16(33-3)8-9-18(19)21/h5,8-9,11-12,14-15,17H,1,6-7,10,13H2,2-4H3,(H,28,30)/t14-,15?,17?,25+/m0/s1. The van der Waals surface area contributed by atoms with E-state index in [4.69, 9.17) is 14.2 Å². The van der Waals surface area contributed by atoms with Crippen molar-refractivity contribution in [2.24, 2.45) is 22.1 Å². The number of rotatable bonds is 8. The van der Waals surface area contributed by atoms with Crippen LogP contribution in [0.1, 0.15) is 36.2 Å². The number of methoxy groups -OCH3 is 2. The lowest BCUT2D eigenvalue weighted by molar-refractivity contribution is -0.147. The van der Waals surface area contributed by atoms with E-state index in [-0.39, 0.29) is 29.5 Å². The molecule has 0 spiro atoms. The molecule has 2 aliphatic rings. The number of ether oxygens (including phenoxy) is 3. The summed E-state index contributed by atoms with van der Waals surface area (Å²) < 4.78 is 16.4. The van der Waals surface area contributed by atoms with Crippen LogP contribution in [0.4, 0.5) is 0 Å². The van der Waals surface area contributed by atoms with Crippen molar-refractivity contribution in [2.75, 3.05) is 21.3 Å². The molecule has 2 saturated carbocycles. The molecular formula is C25H28N4O6. The van der Waals surface area contributed by atoms with Crippen LogP contribution in [0.15, 0.2) is 47.1 Å². The second kappa shape index (κ2) is 9.81. The van der Waals surface area contributed by atoms with Gasteiger partial charge in [0.15, 0.2) is 0 Å². The van der Waals surface area contributed by atoms with Gasteiger partial charge in [-0.05, 0) is 37.8 Å². The molecule has 4 atom stereocenters. The first kappa shape index (κ1) is 24.3. The third kappa shape index (κ3) is 4.73. The molecule has 2 unspecified atom stereocenters. The molecule has 0 aliphatic heterocycles. The SMILES string of the molecule is C=CC1C[C@]1(NC(=O)[C@H]1CCC(Oc2cc(C(=O)N=NC)nc3cc(OC)ccc23)C1)C(=O)OC. The van der Waals surface area contributed by atoms with Gasteiger partial charge in [0, 0.05) is 36.4 Å². The zero-order chi connectivity index (χ0) is 25.2. The largest absolute Gasteiger partial charge is 0.497 e. The number of carbonyl (C=O) groups is 3. The van der Waals surface area contributed by atoms with Crippen molar-refractivity contribution >= 4 is 28.7 Å². The highest BCUT2D eigenvalue weighted by molar-refractivity contribution is 5.97. The molecule has 0 bridgehead atoms. The Labute approximate surface area is 202 Å². The van der Waals surface area contributed by atoms with Gasteiger partial charge in [-0.25, -0.2) is 9.78 Å². The number of nitrogens with zero attached hydrogens (tertiary/aromatic N) is 3. The maximum atomic E-state index is 13.0. The van der Waals surface area contributed by atoms with Gasteiger partial charge in [0.25, 0.3) is 0 Å². The van der Waals surface area contributed by atoms with Crippen molar-refractivity contribution in [3.05, 3.63) is 42.6 Å². The number of nitrogens with one attached hydrogen (secondary N) is 1. The van der Waals surface area contributed by atoms with Gasteiger partial charge in [0.1, 0.15) is 22.7 Å². The van der Waals surface area contributed by atoms with Crippen LogP contribution in [0.5, 0.6) is 11.5 Å². The Bertz CT molecular complexity index is 1210. The number of benzene rings is 1. The molecule has 0 radical (unpaired) electrons. The fourth-order valence-corrected chi connectivity index (χ4v) is 4.62. The number of hydrogen-bond acceptors (Lipinski definition) is 8.